The quantitative estimate of drug-likeness (QED) is 0.867. The van der Waals surface area contributed by atoms with Gasteiger partial charge in [-0.15, -0.1) is 0 Å². The van der Waals surface area contributed by atoms with Crippen LogP contribution in [0.1, 0.15) is 19.3 Å². The second kappa shape index (κ2) is 5.97. The standard InChI is InChI=1S/C12H15ClN6S/c1-18-8-5-14-12(18)20-11-16-9(13)15-10(17-11)19-6-3-2-4-7-19/h5,8H,2-4,6-7H2,1H3. The molecule has 3 heterocycles. The summed E-state index contributed by atoms with van der Waals surface area (Å²) in [5.41, 5.74) is 0. The molecule has 1 fully saturated rings. The normalized spacial score (nSPS) is 15.6. The summed E-state index contributed by atoms with van der Waals surface area (Å²) in [5.74, 6) is 0.668. The van der Waals surface area contributed by atoms with Crippen LogP contribution in [0.3, 0.4) is 0 Å². The van der Waals surface area contributed by atoms with Crippen LogP contribution >= 0.6 is 23.4 Å². The van der Waals surface area contributed by atoms with Gasteiger partial charge in [0.1, 0.15) is 0 Å². The Hall–Kier alpha value is -1.34. The second-order valence-electron chi connectivity index (χ2n) is 4.66. The highest BCUT2D eigenvalue weighted by Gasteiger charge is 2.16. The lowest BCUT2D eigenvalue weighted by Crippen LogP contribution is -2.31. The number of halogens is 1. The highest BCUT2D eigenvalue weighted by atomic mass is 35.5. The predicted octanol–water partition coefficient (Wildman–Crippen LogP) is 2.40. The number of aryl methyl sites for hydroxylation is 1. The highest BCUT2D eigenvalue weighted by Crippen LogP contribution is 2.25. The molecule has 6 nitrogen and oxygen atoms in total. The van der Waals surface area contributed by atoms with Crippen LogP contribution in [-0.2, 0) is 7.05 Å². The summed E-state index contributed by atoms with van der Waals surface area (Å²) in [6.45, 7) is 1.96. The fourth-order valence-corrected chi connectivity index (χ4v) is 3.08. The number of piperidine rings is 1. The van der Waals surface area contributed by atoms with E-state index in [1.165, 1.54) is 31.0 Å². The van der Waals surface area contributed by atoms with Crippen molar-refractivity contribution in [2.45, 2.75) is 29.6 Å². The Labute approximate surface area is 126 Å². The SMILES string of the molecule is Cn1ccnc1Sc1nc(Cl)nc(N2CCCCC2)n1. The van der Waals surface area contributed by atoms with Gasteiger partial charge in [-0.05, 0) is 42.6 Å². The number of hydrogen-bond donors (Lipinski definition) is 0. The molecule has 106 valence electrons. The molecule has 2 aromatic rings. The molecule has 0 bridgehead atoms. The first kappa shape index (κ1) is 13.6. The maximum absolute atomic E-state index is 6.02. The molecule has 0 amide bonds. The molecule has 0 aromatic carbocycles. The number of imidazole rings is 1. The summed E-state index contributed by atoms with van der Waals surface area (Å²) >= 11 is 7.41. The molecule has 3 rings (SSSR count). The maximum Gasteiger partial charge on any atom is 0.230 e. The zero-order valence-corrected chi connectivity index (χ0v) is 12.7. The first-order chi connectivity index (χ1) is 9.72. The van der Waals surface area contributed by atoms with E-state index in [2.05, 4.69) is 24.8 Å². The Morgan fingerprint density at radius 2 is 1.95 bits per heavy atom. The van der Waals surface area contributed by atoms with Crippen LogP contribution in [0, 0.1) is 0 Å². The van der Waals surface area contributed by atoms with Crippen molar-refractivity contribution >= 4 is 29.3 Å². The van der Waals surface area contributed by atoms with Crippen molar-refractivity contribution in [2.24, 2.45) is 7.05 Å². The molecule has 0 unspecified atom stereocenters. The van der Waals surface area contributed by atoms with Gasteiger partial charge in [-0.25, -0.2) is 4.98 Å². The monoisotopic (exact) mass is 310 g/mol. The van der Waals surface area contributed by atoms with E-state index in [1.807, 2.05) is 17.8 Å². The number of aromatic nitrogens is 5. The van der Waals surface area contributed by atoms with Gasteiger partial charge >= 0.3 is 0 Å². The van der Waals surface area contributed by atoms with Crippen molar-refractivity contribution in [3.63, 3.8) is 0 Å². The molecule has 0 N–H and O–H groups in total. The van der Waals surface area contributed by atoms with Crippen LogP contribution in [0.4, 0.5) is 5.95 Å². The van der Waals surface area contributed by atoms with Gasteiger partial charge in [0.05, 0.1) is 0 Å². The molecule has 2 aromatic heterocycles. The van der Waals surface area contributed by atoms with Gasteiger partial charge in [0.15, 0.2) is 5.16 Å². The summed E-state index contributed by atoms with van der Waals surface area (Å²) in [6.07, 6.45) is 7.24. The number of hydrogen-bond acceptors (Lipinski definition) is 6. The largest absolute Gasteiger partial charge is 0.341 e. The third-order valence-electron chi connectivity index (χ3n) is 3.17. The highest BCUT2D eigenvalue weighted by molar-refractivity contribution is 7.99. The van der Waals surface area contributed by atoms with Gasteiger partial charge in [0.25, 0.3) is 0 Å². The number of anilines is 1. The van der Waals surface area contributed by atoms with Gasteiger partial charge in [0, 0.05) is 32.5 Å². The predicted molar refractivity (Wildman–Crippen MR) is 78.2 cm³/mol. The smallest absolute Gasteiger partial charge is 0.230 e. The molecule has 0 spiro atoms. The van der Waals surface area contributed by atoms with E-state index in [0.717, 1.165) is 18.2 Å². The van der Waals surface area contributed by atoms with Gasteiger partial charge in [-0.1, -0.05) is 0 Å². The maximum atomic E-state index is 6.02. The third-order valence-corrected chi connectivity index (χ3v) is 4.28. The van der Waals surface area contributed by atoms with Crippen LogP contribution in [0.2, 0.25) is 5.28 Å². The molecule has 0 atom stereocenters. The zero-order chi connectivity index (χ0) is 13.9. The first-order valence-corrected chi connectivity index (χ1v) is 7.73. The molecule has 0 aliphatic carbocycles. The lowest BCUT2D eigenvalue weighted by atomic mass is 10.1. The lowest BCUT2D eigenvalue weighted by molar-refractivity contribution is 0.564. The second-order valence-corrected chi connectivity index (χ2v) is 5.93. The summed E-state index contributed by atoms with van der Waals surface area (Å²) < 4.78 is 1.92. The van der Waals surface area contributed by atoms with Crippen LogP contribution < -0.4 is 4.90 Å². The van der Waals surface area contributed by atoms with E-state index in [-0.39, 0.29) is 5.28 Å². The van der Waals surface area contributed by atoms with E-state index in [0.29, 0.717) is 11.1 Å². The molecular formula is C12H15ClN6S. The Kier molecular flexibility index (Phi) is 4.07. The minimum absolute atomic E-state index is 0.234. The van der Waals surface area contributed by atoms with E-state index in [9.17, 15) is 0 Å². The molecular weight excluding hydrogens is 296 g/mol. The molecule has 0 radical (unpaired) electrons. The van der Waals surface area contributed by atoms with Crippen molar-refractivity contribution in [1.82, 2.24) is 24.5 Å². The van der Waals surface area contributed by atoms with Crippen molar-refractivity contribution < 1.29 is 0 Å². The molecule has 1 aliphatic rings. The topological polar surface area (TPSA) is 59.7 Å². The van der Waals surface area contributed by atoms with Crippen LogP contribution in [-0.4, -0.2) is 37.6 Å². The van der Waals surface area contributed by atoms with E-state index in [1.54, 1.807) is 6.20 Å². The Bertz CT molecular complexity index is 595. The van der Waals surface area contributed by atoms with E-state index >= 15 is 0 Å². The molecule has 0 saturated carbocycles. The third kappa shape index (κ3) is 3.04. The summed E-state index contributed by atoms with van der Waals surface area (Å²) in [4.78, 5) is 19.3. The summed E-state index contributed by atoms with van der Waals surface area (Å²) in [5, 5.41) is 1.65. The van der Waals surface area contributed by atoms with Gasteiger partial charge < -0.3 is 9.47 Å². The van der Waals surface area contributed by atoms with Crippen LogP contribution in [0.15, 0.2) is 22.7 Å². The first-order valence-electron chi connectivity index (χ1n) is 6.54. The van der Waals surface area contributed by atoms with E-state index < -0.39 is 0 Å². The van der Waals surface area contributed by atoms with Gasteiger partial charge in [-0.2, -0.15) is 15.0 Å². The minimum Gasteiger partial charge on any atom is -0.341 e. The fourth-order valence-electron chi connectivity index (χ4n) is 2.13. The van der Waals surface area contributed by atoms with Crippen molar-refractivity contribution in [2.75, 3.05) is 18.0 Å². The fraction of sp³-hybridized carbons (Fsp3) is 0.500. The minimum atomic E-state index is 0.234. The van der Waals surface area contributed by atoms with E-state index in [4.69, 9.17) is 11.6 Å². The Balaban J connectivity index is 1.84. The van der Waals surface area contributed by atoms with Crippen LogP contribution in [0.25, 0.3) is 0 Å². The van der Waals surface area contributed by atoms with Gasteiger partial charge in [-0.3, -0.25) is 0 Å². The van der Waals surface area contributed by atoms with Crippen molar-refractivity contribution in [3.8, 4) is 0 Å². The Morgan fingerprint density at radius 1 is 1.15 bits per heavy atom. The average Bonchev–Trinajstić information content (AvgIpc) is 2.85. The summed E-state index contributed by atoms with van der Waals surface area (Å²) in [7, 11) is 1.93. The summed E-state index contributed by atoms with van der Waals surface area (Å²) in [6, 6.07) is 0. The molecule has 8 heteroatoms. The molecule has 1 saturated heterocycles. The van der Waals surface area contributed by atoms with Crippen molar-refractivity contribution in [3.05, 3.63) is 17.7 Å². The Morgan fingerprint density at radius 3 is 2.65 bits per heavy atom. The zero-order valence-electron chi connectivity index (χ0n) is 11.2. The molecule has 1 aliphatic heterocycles. The van der Waals surface area contributed by atoms with Gasteiger partial charge in [0.2, 0.25) is 16.4 Å². The average molecular weight is 311 g/mol. The number of rotatable bonds is 3. The molecule has 20 heavy (non-hydrogen) atoms. The number of nitrogens with zero attached hydrogens (tertiary/aromatic N) is 6. The lowest BCUT2D eigenvalue weighted by Gasteiger charge is -2.26. The van der Waals surface area contributed by atoms with Crippen molar-refractivity contribution in [1.29, 1.82) is 0 Å². The van der Waals surface area contributed by atoms with Crippen LogP contribution in [0.5, 0.6) is 0 Å².